The zero-order chi connectivity index (χ0) is 15.2. The average molecular weight is 288 g/mol. The number of nitrogen functional groups attached to an aromatic ring is 1. The van der Waals surface area contributed by atoms with E-state index in [1.807, 2.05) is 0 Å². The molecule has 1 heterocycles. The van der Waals surface area contributed by atoms with E-state index in [-0.39, 0.29) is 19.1 Å². The van der Waals surface area contributed by atoms with E-state index in [9.17, 15) is 9.59 Å². The number of rotatable bonds is 5. The second kappa shape index (κ2) is 6.56. The van der Waals surface area contributed by atoms with Crippen LogP contribution in [0, 0.1) is 0 Å². The first kappa shape index (κ1) is 14.6. The van der Waals surface area contributed by atoms with Crippen molar-refractivity contribution in [2.45, 2.75) is 13.5 Å². The maximum atomic E-state index is 11.9. The largest absolute Gasteiger partial charge is 0.462 e. The second-order valence-electron chi connectivity index (χ2n) is 4.28. The minimum atomic E-state index is -0.462. The van der Waals surface area contributed by atoms with Crippen molar-refractivity contribution in [3.05, 3.63) is 42.2 Å². The van der Waals surface area contributed by atoms with Gasteiger partial charge < -0.3 is 15.8 Å². The molecule has 0 bridgehead atoms. The van der Waals surface area contributed by atoms with Gasteiger partial charge in [-0.1, -0.05) is 12.1 Å². The normalized spacial score (nSPS) is 10.1. The number of nitrogens with one attached hydrogen (secondary N) is 1. The zero-order valence-corrected chi connectivity index (χ0v) is 11.6. The summed E-state index contributed by atoms with van der Waals surface area (Å²) < 4.78 is 6.21. The third-order valence-electron chi connectivity index (χ3n) is 2.68. The summed E-state index contributed by atoms with van der Waals surface area (Å²) >= 11 is 0. The van der Waals surface area contributed by atoms with E-state index >= 15 is 0 Å². The molecule has 0 unspecified atom stereocenters. The summed E-state index contributed by atoms with van der Waals surface area (Å²) in [4.78, 5) is 23.4. The highest BCUT2D eigenvalue weighted by molar-refractivity contribution is 5.93. The molecule has 0 fully saturated rings. The van der Waals surface area contributed by atoms with Gasteiger partial charge in [-0.2, -0.15) is 5.10 Å². The van der Waals surface area contributed by atoms with Crippen LogP contribution in [0.4, 0.5) is 11.4 Å². The lowest BCUT2D eigenvalue weighted by Gasteiger charge is -2.07. The molecule has 1 amide bonds. The lowest BCUT2D eigenvalue weighted by Crippen LogP contribution is -2.19. The highest BCUT2D eigenvalue weighted by Crippen LogP contribution is 2.16. The van der Waals surface area contributed by atoms with Gasteiger partial charge in [0, 0.05) is 6.20 Å². The Bertz CT molecular complexity index is 651. The van der Waals surface area contributed by atoms with Gasteiger partial charge in [-0.15, -0.1) is 0 Å². The second-order valence-corrected chi connectivity index (χ2v) is 4.28. The molecule has 3 N–H and O–H groups in total. The molecule has 2 rings (SSSR count). The number of nitrogens with zero attached hydrogens (tertiary/aromatic N) is 2. The molecule has 1 aromatic heterocycles. The van der Waals surface area contributed by atoms with E-state index in [1.165, 1.54) is 17.1 Å². The highest BCUT2D eigenvalue weighted by Gasteiger charge is 2.11. The predicted molar refractivity (Wildman–Crippen MR) is 77.7 cm³/mol. The van der Waals surface area contributed by atoms with Crippen LogP contribution in [0.5, 0.6) is 0 Å². The Balaban J connectivity index is 1.97. The minimum Gasteiger partial charge on any atom is -0.462 e. The van der Waals surface area contributed by atoms with E-state index in [1.54, 1.807) is 31.2 Å². The number of nitrogens with two attached hydrogens (primary N) is 1. The number of aromatic nitrogens is 2. The molecule has 2 aromatic rings. The summed E-state index contributed by atoms with van der Waals surface area (Å²) in [6.07, 6.45) is 2.83. The molecule has 110 valence electrons. The van der Waals surface area contributed by atoms with Gasteiger partial charge in [0.25, 0.3) is 0 Å². The van der Waals surface area contributed by atoms with Crippen molar-refractivity contribution in [2.75, 3.05) is 17.7 Å². The Morgan fingerprint density at radius 2 is 2.14 bits per heavy atom. The lowest BCUT2D eigenvalue weighted by molar-refractivity contribution is -0.116. The first-order chi connectivity index (χ1) is 10.1. The van der Waals surface area contributed by atoms with Crippen molar-refractivity contribution in [3.8, 4) is 0 Å². The van der Waals surface area contributed by atoms with Crippen LogP contribution in [0.15, 0.2) is 36.7 Å². The van der Waals surface area contributed by atoms with Crippen molar-refractivity contribution in [1.29, 1.82) is 0 Å². The molecule has 7 heteroatoms. The molecular formula is C14H16N4O3. The van der Waals surface area contributed by atoms with E-state index in [4.69, 9.17) is 10.5 Å². The van der Waals surface area contributed by atoms with Crippen molar-refractivity contribution in [1.82, 2.24) is 9.78 Å². The van der Waals surface area contributed by atoms with Gasteiger partial charge in [-0.05, 0) is 19.1 Å². The summed E-state index contributed by atoms with van der Waals surface area (Å²) in [7, 11) is 0. The van der Waals surface area contributed by atoms with Crippen LogP contribution in [0.2, 0.25) is 0 Å². The van der Waals surface area contributed by atoms with Crippen LogP contribution in [-0.2, 0) is 16.1 Å². The number of benzene rings is 1. The number of carbonyl (C=O) groups excluding carboxylic acids is 2. The van der Waals surface area contributed by atoms with Gasteiger partial charge in [0.05, 0.1) is 29.7 Å². The van der Waals surface area contributed by atoms with Gasteiger partial charge in [0.1, 0.15) is 6.54 Å². The van der Waals surface area contributed by atoms with Crippen molar-refractivity contribution >= 4 is 23.3 Å². The van der Waals surface area contributed by atoms with Crippen LogP contribution in [0.1, 0.15) is 17.3 Å². The first-order valence-corrected chi connectivity index (χ1v) is 6.44. The molecular weight excluding hydrogens is 272 g/mol. The Hall–Kier alpha value is -2.83. The highest BCUT2D eigenvalue weighted by atomic mass is 16.5. The Kier molecular flexibility index (Phi) is 4.55. The fraction of sp³-hybridized carbons (Fsp3) is 0.214. The SMILES string of the molecule is CCOC(=O)c1cnn(CC(=O)Nc2ccccc2N)c1. The Morgan fingerprint density at radius 1 is 1.38 bits per heavy atom. The molecule has 0 saturated heterocycles. The number of esters is 1. The van der Waals surface area contributed by atoms with Gasteiger partial charge in [-0.3, -0.25) is 9.48 Å². The quantitative estimate of drug-likeness (QED) is 0.638. The summed E-state index contributed by atoms with van der Waals surface area (Å²) in [6.45, 7) is 1.99. The molecule has 7 nitrogen and oxygen atoms in total. The molecule has 21 heavy (non-hydrogen) atoms. The standard InChI is InChI=1S/C14H16N4O3/c1-2-21-14(20)10-7-16-18(8-10)9-13(19)17-12-6-4-3-5-11(12)15/h3-8H,2,9,15H2,1H3,(H,17,19). The van der Waals surface area contributed by atoms with Crippen LogP contribution in [0.3, 0.4) is 0 Å². The number of amides is 1. The number of para-hydroxylation sites is 2. The van der Waals surface area contributed by atoms with Crippen molar-refractivity contribution < 1.29 is 14.3 Å². The maximum Gasteiger partial charge on any atom is 0.341 e. The minimum absolute atomic E-state index is 0.0201. The van der Waals surface area contributed by atoms with Crippen molar-refractivity contribution in [2.24, 2.45) is 0 Å². The molecule has 0 aliphatic carbocycles. The van der Waals surface area contributed by atoms with Gasteiger partial charge in [0.2, 0.25) is 5.91 Å². The summed E-state index contributed by atoms with van der Waals surface area (Å²) in [5, 5.41) is 6.63. The molecule has 0 atom stereocenters. The topological polar surface area (TPSA) is 99.2 Å². The average Bonchev–Trinajstić information content (AvgIpc) is 2.90. The maximum absolute atomic E-state index is 11.9. The molecule has 0 aliphatic rings. The fourth-order valence-electron chi connectivity index (χ4n) is 1.72. The molecule has 0 spiro atoms. The van der Waals surface area contributed by atoms with Crippen molar-refractivity contribution in [3.63, 3.8) is 0 Å². The van der Waals surface area contributed by atoms with Gasteiger partial charge >= 0.3 is 5.97 Å². The fourth-order valence-corrected chi connectivity index (χ4v) is 1.72. The lowest BCUT2D eigenvalue weighted by atomic mass is 10.2. The summed E-state index contributed by atoms with van der Waals surface area (Å²) in [5.74, 6) is -0.747. The number of hydrogen-bond donors (Lipinski definition) is 2. The van der Waals surface area contributed by atoms with Crippen LogP contribution in [-0.4, -0.2) is 28.3 Å². The zero-order valence-electron chi connectivity index (χ0n) is 11.6. The predicted octanol–water partition coefficient (Wildman–Crippen LogP) is 1.28. The van der Waals surface area contributed by atoms with E-state index < -0.39 is 5.97 Å². The molecule has 0 radical (unpaired) electrons. The van der Waals surface area contributed by atoms with Crippen LogP contribution in [0.25, 0.3) is 0 Å². The number of anilines is 2. The molecule has 0 aliphatic heterocycles. The monoisotopic (exact) mass is 288 g/mol. The Morgan fingerprint density at radius 3 is 2.86 bits per heavy atom. The van der Waals surface area contributed by atoms with Crippen LogP contribution < -0.4 is 11.1 Å². The van der Waals surface area contributed by atoms with E-state index in [2.05, 4.69) is 10.4 Å². The molecule has 0 saturated carbocycles. The summed E-state index contributed by atoms with van der Waals surface area (Å²) in [6, 6.07) is 6.96. The van der Waals surface area contributed by atoms with Gasteiger partial charge in [0.15, 0.2) is 0 Å². The smallest absolute Gasteiger partial charge is 0.341 e. The van der Waals surface area contributed by atoms with E-state index in [0.29, 0.717) is 16.9 Å². The number of hydrogen-bond acceptors (Lipinski definition) is 5. The van der Waals surface area contributed by atoms with Gasteiger partial charge in [-0.25, -0.2) is 4.79 Å². The number of carbonyl (C=O) groups is 2. The van der Waals surface area contributed by atoms with E-state index in [0.717, 1.165) is 0 Å². The Labute approximate surface area is 121 Å². The number of ether oxygens (including phenoxy) is 1. The molecule has 1 aromatic carbocycles. The van der Waals surface area contributed by atoms with Crippen LogP contribution >= 0.6 is 0 Å². The summed E-state index contributed by atoms with van der Waals surface area (Å²) in [5.41, 5.74) is 7.08. The third kappa shape index (κ3) is 3.82. The third-order valence-corrected chi connectivity index (χ3v) is 2.68. The first-order valence-electron chi connectivity index (χ1n) is 6.44.